The Bertz CT molecular complexity index is 713. The molecule has 0 bridgehead atoms. The monoisotopic (exact) mass is 366 g/mol. The van der Waals surface area contributed by atoms with Crippen molar-refractivity contribution < 1.29 is 14.3 Å². The van der Waals surface area contributed by atoms with E-state index in [4.69, 9.17) is 23.2 Å². The van der Waals surface area contributed by atoms with E-state index in [-0.39, 0.29) is 12.3 Å². The molecule has 0 spiro atoms. The number of carbonyl (C=O) groups is 2. The summed E-state index contributed by atoms with van der Waals surface area (Å²) < 4.78 is 4.62. The van der Waals surface area contributed by atoms with E-state index in [0.29, 0.717) is 33.5 Å². The van der Waals surface area contributed by atoms with Gasteiger partial charge in [-0.05, 0) is 36.4 Å². The number of para-hydroxylation sites is 1. The van der Waals surface area contributed by atoms with Gasteiger partial charge in [0.15, 0.2) is 0 Å². The van der Waals surface area contributed by atoms with E-state index in [0.717, 1.165) is 0 Å². The second-order valence-corrected chi connectivity index (χ2v) is 5.70. The first-order chi connectivity index (χ1) is 11.5. The largest absolute Gasteiger partial charge is 0.465 e. The summed E-state index contributed by atoms with van der Waals surface area (Å²) in [5, 5.41) is 6.79. The molecule has 0 aliphatic rings. The summed E-state index contributed by atoms with van der Waals surface area (Å²) in [6.07, 6.45) is 0.236. The van der Waals surface area contributed by atoms with Crippen LogP contribution in [0.3, 0.4) is 0 Å². The Hall–Kier alpha value is -2.24. The molecule has 0 unspecified atom stereocenters. The summed E-state index contributed by atoms with van der Waals surface area (Å²) in [6, 6.07) is 11.6. The molecule has 126 valence electrons. The first-order valence-corrected chi connectivity index (χ1v) is 7.93. The maximum Gasteiger partial charge on any atom is 0.337 e. The molecule has 0 aromatic heterocycles. The van der Waals surface area contributed by atoms with E-state index in [2.05, 4.69) is 15.4 Å². The lowest BCUT2D eigenvalue weighted by molar-refractivity contribution is -0.115. The molecule has 0 saturated heterocycles. The summed E-state index contributed by atoms with van der Waals surface area (Å²) in [4.78, 5) is 23.3. The highest BCUT2D eigenvalue weighted by Crippen LogP contribution is 2.29. The number of rotatable bonds is 6. The van der Waals surface area contributed by atoms with Crippen molar-refractivity contribution in [2.24, 2.45) is 0 Å². The van der Waals surface area contributed by atoms with Crippen LogP contribution in [0.15, 0.2) is 42.5 Å². The molecule has 0 heterocycles. The number of benzene rings is 2. The van der Waals surface area contributed by atoms with Crippen LogP contribution < -0.4 is 10.6 Å². The standard InChI is InChI=1S/C17H16Cl2N2O3/c1-24-17(23)11-5-7-12(8-6-11)21-15(22)9-10-20-16-13(18)3-2-4-14(16)19/h2-8,20H,9-10H2,1H3,(H,21,22). The number of hydrogen-bond donors (Lipinski definition) is 2. The van der Waals surface area contributed by atoms with Crippen LogP contribution in [0.2, 0.25) is 10.0 Å². The normalized spacial score (nSPS) is 10.1. The topological polar surface area (TPSA) is 67.4 Å². The van der Waals surface area contributed by atoms with Crippen LogP contribution in [0.4, 0.5) is 11.4 Å². The van der Waals surface area contributed by atoms with Gasteiger partial charge in [0.05, 0.1) is 28.4 Å². The Balaban J connectivity index is 1.84. The van der Waals surface area contributed by atoms with Gasteiger partial charge in [0, 0.05) is 18.7 Å². The maximum absolute atomic E-state index is 11.9. The molecule has 1 amide bonds. The van der Waals surface area contributed by atoms with Gasteiger partial charge in [0.1, 0.15) is 0 Å². The predicted molar refractivity (Wildman–Crippen MR) is 96.0 cm³/mol. The van der Waals surface area contributed by atoms with Gasteiger partial charge in [-0.2, -0.15) is 0 Å². The molecule has 2 rings (SSSR count). The highest BCUT2D eigenvalue weighted by Gasteiger charge is 2.08. The van der Waals surface area contributed by atoms with E-state index in [1.807, 2.05) is 0 Å². The van der Waals surface area contributed by atoms with Crippen LogP contribution in [0, 0.1) is 0 Å². The first kappa shape index (κ1) is 18.1. The summed E-state index contributed by atoms with van der Waals surface area (Å²) >= 11 is 12.1. The quantitative estimate of drug-likeness (QED) is 0.751. The molecule has 2 aromatic rings. The minimum absolute atomic E-state index is 0.170. The highest BCUT2D eigenvalue weighted by atomic mass is 35.5. The van der Waals surface area contributed by atoms with Gasteiger partial charge in [-0.3, -0.25) is 4.79 Å². The number of ether oxygens (including phenoxy) is 1. The van der Waals surface area contributed by atoms with Crippen molar-refractivity contribution in [1.82, 2.24) is 0 Å². The fourth-order valence-electron chi connectivity index (χ4n) is 2.00. The molecule has 5 nitrogen and oxygen atoms in total. The van der Waals surface area contributed by atoms with E-state index in [9.17, 15) is 9.59 Å². The van der Waals surface area contributed by atoms with Crippen molar-refractivity contribution in [1.29, 1.82) is 0 Å². The minimum Gasteiger partial charge on any atom is -0.465 e. The average molecular weight is 367 g/mol. The maximum atomic E-state index is 11.9. The van der Waals surface area contributed by atoms with Crippen molar-refractivity contribution in [3.63, 3.8) is 0 Å². The number of nitrogens with one attached hydrogen (secondary N) is 2. The molecule has 0 radical (unpaired) electrons. The zero-order chi connectivity index (χ0) is 17.5. The summed E-state index contributed by atoms with van der Waals surface area (Å²) in [7, 11) is 1.32. The zero-order valence-electron chi connectivity index (χ0n) is 12.9. The Morgan fingerprint density at radius 2 is 1.67 bits per heavy atom. The second kappa shape index (κ2) is 8.57. The highest BCUT2D eigenvalue weighted by molar-refractivity contribution is 6.39. The third-order valence-corrected chi connectivity index (χ3v) is 3.84. The number of anilines is 2. The van der Waals surface area contributed by atoms with Gasteiger partial charge >= 0.3 is 5.97 Å². The Kier molecular flexibility index (Phi) is 6.46. The molecule has 0 fully saturated rings. The van der Waals surface area contributed by atoms with Gasteiger partial charge in [-0.1, -0.05) is 29.3 Å². The number of esters is 1. The molecule has 0 aliphatic carbocycles. The van der Waals surface area contributed by atoms with Gasteiger partial charge in [-0.15, -0.1) is 0 Å². The number of carbonyl (C=O) groups excluding carboxylic acids is 2. The van der Waals surface area contributed by atoms with E-state index >= 15 is 0 Å². The summed E-state index contributed by atoms with van der Waals surface area (Å²) in [6.45, 7) is 0.384. The molecule has 2 N–H and O–H groups in total. The first-order valence-electron chi connectivity index (χ1n) is 7.17. The molecule has 24 heavy (non-hydrogen) atoms. The predicted octanol–water partition coefficient (Wildman–Crippen LogP) is 4.22. The van der Waals surface area contributed by atoms with Crippen LogP contribution in [-0.2, 0) is 9.53 Å². The van der Waals surface area contributed by atoms with E-state index in [1.165, 1.54) is 7.11 Å². The van der Waals surface area contributed by atoms with Gasteiger partial charge in [0.25, 0.3) is 0 Å². The second-order valence-electron chi connectivity index (χ2n) is 4.89. The summed E-state index contributed by atoms with van der Waals surface area (Å²) in [5.41, 5.74) is 1.63. The van der Waals surface area contributed by atoms with Crippen molar-refractivity contribution in [3.05, 3.63) is 58.1 Å². The average Bonchev–Trinajstić information content (AvgIpc) is 2.57. The molecule has 0 saturated carbocycles. The Labute approximate surface area is 149 Å². The third kappa shape index (κ3) is 4.88. The van der Waals surface area contributed by atoms with Gasteiger partial charge in [-0.25, -0.2) is 4.79 Å². The zero-order valence-corrected chi connectivity index (χ0v) is 14.4. The fraction of sp³-hybridized carbons (Fsp3) is 0.176. The number of hydrogen-bond acceptors (Lipinski definition) is 4. The lowest BCUT2D eigenvalue weighted by atomic mass is 10.2. The molecule has 2 aromatic carbocycles. The van der Waals surface area contributed by atoms with Crippen molar-refractivity contribution >= 4 is 46.5 Å². The smallest absolute Gasteiger partial charge is 0.337 e. The molecule has 0 atom stereocenters. The fourth-order valence-corrected chi connectivity index (χ4v) is 2.53. The van der Waals surface area contributed by atoms with E-state index in [1.54, 1.807) is 42.5 Å². The Morgan fingerprint density at radius 1 is 1.04 bits per heavy atom. The minimum atomic E-state index is -0.423. The van der Waals surface area contributed by atoms with Crippen molar-refractivity contribution in [3.8, 4) is 0 Å². The van der Waals surface area contributed by atoms with Gasteiger partial charge in [0.2, 0.25) is 5.91 Å². The molecular weight excluding hydrogens is 351 g/mol. The number of halogens is 2. The van der Waals surface area contributed by atoms with Crippen molar-refractivity contribution in [2.45, 2.75) is 6.42 Å². The molecule has 0 aliphatic heterocycles. The van der Waals surface area contributed by atoms with Crippen LogP contribution in [0.5, 0.6) is 0 Å². The van der Waals surface area contributed by atoms with Crippen LogP contribution in [0.25, 0.3) is 0 Å². The molecule has 7 heteroatoms. The SMILES string of the molecule is COC(=O)c1ccc(NC(=O)CCNc2c(Cl)cccc2Cl)cc1. The van der Waals surface area contributed by atoms with Gasteiger partial charge < -0.3 is 15.4 Å². The third-order valence-electron chi connectivity index (χ3n) is 3.21. The van der Waals surface area contributed by atoms with Crippen LogP contribution >= 0.6 is 23.2 Å². The number of methoxy groups -OCH3 is 1. The lowest BCUT2D eigenvalue weighted by Gasteiger charge is -2.10. The summed E-state index contributed by atoms with van der Waals surface area (Å²) in [5.74, 6) is -0.592. The van der Waals surface area contributed by atoms with Crippen molar-refractivity contribution in [2.75, 3.05) is 24.3 Å². The van der Waals surface area contributed by atoms with E-state index < -0.39 is 5.97 Å². The Morgan fingerprint density at radius 3 is 2.25 bits per heavy atom. The molecular formula is C17H16Cl2N2O3. The lowest BCUT2D eigenvalue weighted by Crippen LogP contribution is -2.16. The number of amides is 1. The van der Waals surface area contributed by atoms with Crippen LogP contribution in [-0.4, -0.2) is 25.5 Å². The van der Waals surface area contributed by atoms with Crippen LogP contribution in [0.1, 0.15) is 16.8 Å².